The molecule has 0 radical (unpaired) electrons. The number of thiophene rings is 1. The van der Waals surface area contributed by atoms with Gasteiger partial charge in [-0.15, -0.1) is 11.3 Å². The standard InChI is InChI=1S/C13H14N2O3S2/c1-15-6-7-18-12-5-4-10(9-11(12)15)14-20(16,17)13-3-2-8-19-13/h2-5,8-9,14H,6-7H2,1H3. The number of benzene rings is 1. The Bertz CT molecular complexity index is 711. The first-order valence-electron chi connectivity index (χ1n) is 6.10. The van der Waals surface area contributed by atoms with Crippen molar-refractivity contribution in [1.82, 2.24) is 0 Å². The third kappa shape index (κ3) is 2.46. The van der Waals surface area contributed by atoms with Gasteiger partial charge < -0.3 is 9.64 Å². The molecular weight excluding hydrogens is 296 g/mol. The van der Waals surface area contributed by atoms with Crippen LogP contribution in [0.1, 0.15) is 0 Å². The molecule has 2 heterocycles. The molecule has 0 saturated heterocycles. The lowest BCUT2D eigenvalue weighted by Gasteiger charge is -2.28. The summed E-state index contributed by atoms with van der Waals surface area (Å²) in [6, 6.07) is 8.59. The predicted octanol–water partition coefficient (Wildman–Crippen LogP) is 2.38. The Labute approximate surface area is 121 Å². The van der Waals surface area contributed by atoms with Gasteiger partial charge in [0, 0.05) is 7.05 Å². The van der Waals surface area contributed by atoms with Crippen molar-refractivity contribution < 1.29 is 13.2 Å². The van der Waals surface area contributed by atoms with Gasteiger partial charge in [-0.05, 0) is 29.6 Å². The SMILES string of the molecule is CN1CCOc2ccc(NS(=O)(=O)c3cccs3)cc21. The maximum Gasteiger partial charge on any atom is 0.271 e. The molecule has 3 rings (SSSR count). The van der Waals surface area contributed by atoms with Crippen LogP contribution in [-0.4, -0.2) is 28.6 Å². The fourth-order valence-corrected chi connectivity index (χ4v) is 4.08. The Morgan fingerprint density at radius 2 is 2.20 bits per heavy atom. The number of likely N-dealkylation sites (N-methyl/N-ethyl adjacent to an activating group) is 1. The van der Waals surface area contributed by atoms with Gasteiger partial charge in [0.15, 0.2) is 0 Å². The number of nitrogens with one attached hydrogen (secondary N) is 1. The molecule has 1 aliphatic heterocycles. The molecule has 7 heteroatoms. The highest BCUT2D eigenvalue weighted by Crippen LogP contribution is 2.34. The quantitative estimate of drug-likeness (QED) is 0.945. The summed E-state index contributed by atoms with van der Waals surface area (Å²) in [4.78, 5) is 2.04. The lowest BCUT2D eigenvalue weighted by Crippen LogP contribution is -2.28. The molecule has 0 unspecified atom stereocenters. The van der Waals surface area contributed by atoms with Crippen molar-refractivity contribution in [3.63, 3.8) is 0 Å². The van der Waals surface area contributed by atoms with E-state index in [1.807, 2.05) is 11.9 Å². The van der Waals surface area contributed by atoms with E-state index in [2.05, 4.69) is 4.72 Å². The lowest BCUT2D eigenvalue weighted by atomic mass is 10.2. The van der Waals surface area contributed by atoms with Crippen LogP contribution in [0.3, 0.4) is 0 Å². The van der Waals surface area contributed by atoms with Crippen molar-refractivity contribution >= 4 is 32.7 Å². The van der Waals surface area contributed by atoms with Crippen LogP contribution in [0.5, 0.6) is 5.75 Å². The zero-order valence-corrected chi connectivity index (χ0v) is 12.5. The molecule has 0 saturated carbocycles. The molecule has 0 amide bonds. The molecule has 1 aromatic heterocycles. The van der Waals surface area contributed by atoms with E-state index in [0.717, 1.165) is 18.0 Å². The molecule has 1 N–H and O–H groups in total. The maximum absolute atomic E-state index is 12.2. The van der Waals surface area contributed by atoms with Gasteiger partial charge in [-0.2, -0.15) is 0 Å². The molecule has 106 valence electrons. The van der Waals surface area contributed by atoms with Crippen LogP contribution in [0.25, 0.3) is 0 Å². The van der Waals surface area contributed by atoms with Gasteiger partial charge in [-0.3, -0.25) is 4.72 Å². The van der Waals surface area contributed by atoms with Gasteiger partial charge in [-0.1, -0.05) is 6.07 Å². The van der Waals surface area contributed by atoms with Gasteiger partial charge >= 0.3 is 0 Å². The average molecular weight is 310 g/mol. The Hall–Kier alpha value is -1.73. The van der Waals surface area contributed by atoms with E-state index in [0.29, 0.717) is 16.5 Å². The first-order valence-corrected chi connectivity index (χ1v) is 8.47. The van der Waals surface area contributed by atoms with Crippen molar-refractivity contribution in [2.75, 3.05) is 29.8 Å². The van der Waals surface area contributed by atoms with E-state index in [-0.39, 0.29) is 0 Å². The summed E-state index contributed by atoms with van der Waals surface area (Å²) < 4.78 is 32.8. The molecule has 1 aromatic carbocycles. The van der Waals surface area contributed by atoms with Crippen LogP contribution in [0, 0.1) is 0 Å². The van der Waals surface area contributed by atoms with Crippen molar-refractivity contribution in [3.8, 4) is 5.75 Å². The Balaban J connectivity index is 1.91. The molecule has 5 nitrogen and oxygen atoms in total. The zero-order valence-electron chi connectivity index (χ0n) is 10.9. The van der Waals surface area contributed by atoms with Gasteiger partial charge in [0.2, 0.25) is 0 Å². The van der Waals surface area contributed by atoms with Gasteiger partial charge in [0.1, 0.15) is 16.6 Å². The summed E-state index contributed by atoms with van der Waals surface area (Å²) in [5, 5.41) is 1.74. The largest absolute Gasteiger partial charge is 0.490 e. The number of rotatable bonds is 3. The number of fused-ring (bicyclic) bond motifs is 1. The van der Waals surface area contributed by atoms with E-state index in [1.165, 1.54) is 11.3 Å². The van der Waals surface area contributed by atoms with Crippen LogP contribution in [0.4, 0.5) is 11.4 Å². The first kappa shape index (κ1) is 13.3. The number of anilines is 2. The molecule has 0 bridgehead atoms. The van der Waals surface area contributed by atoms with E-state index >= 15 is 0 Å². The zero-order chi connectivity index (χ0) is 14.2. The number of hydrogen-bond acceptors (Lipinski definition) is 5. The fraction of sp³-hybridized carbons (Fsp3) is 0.231. The van der Waals surface area contributed by atoms with Crippen molar-refractivity contribution in [2.24, 2.45) is 0 Å². The minimum atomic E-state index is -3.50. The monoisotopic (exact) mass is 310 g/mol. The topological polar surface area (TPSA) is 58.6 Å². The van der Waals surface area contributed by atoms with Gasteiger partial charge in [0.25, 0.3) is 10.0 Å². The van der Waals surface area contributed by atoms with Crippen LogP contribution >= 0.6 is 11.3 Å². The Kier molecular flexibility index (Phi) is 3.31. The van der Waals surface area contributed by atoms with E-state index in [4.69, 9.17) is 4.74 Å². The third-order valence-electron chi connectivity index (χ3n) is 3.07. The number of sulfonamides is 1. The minimum Gasteiger partial charge on any atom is -0.490 e. The van der Waals surface area contributed by atoms with E-state index < -0.39 is 10.0 Å². The first-order chi connectivity index (χ1) is 9.56. The summed E-state index contributed by atoms with van der Waals surface area (Å²) in [5.74, 6) is 0.776. The van der Waals surface area contributed by atoms with Crippen molar-refractivity contribution in [1.29, 1.82) is 0 Å². The molecule has 1 aliphatic rings. The van der Waals surface area contributed by atoms with Gasteiger partial charge in [0.05, 0.1) is 17.9 Å². The molecular formula is C13H14N2O3S2. The normalized spacial score (nSPS) is 14.6. The van der Waals surface area contributed by atoms with Crippen LogP contribution < -0.4 is 14.4 Å². The third-order valence-corrected chi connectivity index (χ3v) is 5.85. The second kappa shape index (κ2) is 4.99. The molecule has 0 spiro atoms. The Morgan fingerprint density at radius 1 is 1.35 bits per heavy atom. The van der Waals surface area contributed by atoms with Crippen LogP contribution in [0.2, 0.25) is 0 Å². The lowest BCUT2D eigenvalue weighted by molar-refractivity contribution is 0.311. The van der Waals surface area contributed by atoms with Gasteiger partial charge in [-0.25, -0.2) is 8.42 Å². The number of hydrogen-bond donors (Lipinski definition) is 1. The summed E-state index contributed by atoms with van der Waals surface area (Å²) in [5.41, 5.74) is 1.43. The summed E-state index contributed by atoms with van der Waals surface area (Å²) in [7, 11) is -1.55. The highest BCUT2D eigenvalue weighted by molar-refractivity contribution is 7.94. The molecule has 0 fully saturated rings. The highest BCUT2D eigenvalue weighted by atomic mass is 32.2. The highest BCUT2D eigenvalue weighted by Gasteiger charge is 2.19. The number of nitrogens with zero attached hydrogens (tertiary/aromatic N) is 1. The van der Waals surface area contributed by atoms with Crippen LogP contribution in [0.15, 0.2) is 39.9 Å². The Morgan fingerprint density at radius 3 is 2.95 bits per heavy atom. The second-order valence-corrected chi connectivity index (χ2v) is 7.35. The molecule has 20 heavy (non-hydrogen) atoms. The summed E-state index contributed by atoms with van der Waals surface area (Å²) >= 11 is 1.19. The number of ether oxygens (including phenoxy) is 1. The van der Waals surface area contributed by atoms with Crippen molar-refractivity contribution in [2.45, 2.75) is 4.21 Å². The fourth-order valence-electron chi connectivity index (χ4n) is 2.04. The molecule has 0 atom stereocenters. The molecule has 2 aromatic rings. The second-order valence-electron chi connectivity index (χ2n) is 4.49. The maximum atomic E-state index is 12.2. The van der Waals surface area contributed by atoms with Crippen molar-refractivity contribution in [3.05, 3.63) is 35.7 Å². The average Bonchev–Trinajstić information content (AvgIpc) is 2.94. The summed E-state index contributed by atoms with van der Waals surface area (Å²) in [6.07, 6.45) is 0. The predicted molar refractivity (Wildman–Crippen MR) is 80.3 cm³/mol. The minimum absolute atomic E-state index is 0.305. The van der Waals surface area contributed by atoms with Crippen LogP contribution in [-0.2, 0) is 10.0 Å². The summed E-state index contributed by atoms with van der Waals surface area (Å²) in [6.45, 7) is 1.43. The molecule has 0 aliphatic carbocycles. The van der Waals surface area contributed by atoms with E-state index in [1.54, 1.807) is 35.7 Å². The van der Waals surface area contributed by atoms with E-state index in [9.17, 15) is 8.42 Å². The smallest absolute Gasteiger partial charge is 0.271 e.